The molecule has 1 aromatic rings. The van der Waals surface area contributed by atoms with Crippen molar-refractivity contribution < 1.29 is 0 Å². The van der Waals surface area contributed by atoms with E-state index in [0.717, 1.165) is 29.6 Å². The fraction of sp³-hybridized carbons (Fsp3) is 0.714. The first-order chi connectivity index (χ1) is 8.72. The van der Waals surface area contributed by atoms with Crippen LogP contribution >= 0.6 is 11.6 Å². The van der Waals surface area contributed by atoms with E-state index in [0.29, 0.717) is 12.0 Å². The maximum Gasteiger partial charge on any atom is 0.130 e. The molecule has 2 rings (SSSR count). The Hall–Kier alpha value is -0.830. The fourth-order valence-corrected chi connectivity index (χ4v) is 3.00. The molecule has 1 aliphatic carbocycles. The third kappa shape index (κ3) is 3.35. The smallest absolute Gasteiger partial charge is 0.130 e. The minimum absolute atomic E-state index is 0.468. The highest BCUT2D eigenvalue weighted by atomic mass is 35.5. The fourth-order valence-electron chi connectivity index (χ4n) is 2.63. The van der Waals surface area contributed by atoms with Gasteiger partial charge in [0.2, 0.25) is 0 Å². The Bertz CT molecular complexity index is 395. The van der Waals surface area contributed by atoms with Crippen molar-refractivity contribution in [2.75, 3.05) is 11.2 Å². The van der Waals surface area contributed by atoms with Gasteiger partial charge in [0, 0.05) is 30.1 Å². The summed E-state index contributed by atoms with van der Waals surface area (Å²) in [5.74, 6) is 3.18. The molecule has 1 fully saturated rings. The number of aromatic nitrogens is 2. The highest BCUT2D eigenvalue weighted by Crippen LogP contribution is 2.27. The van der Waals surface area contributed by atoms with Gasteiger partial charge in [0.1, 0.15) is 11.6 Å². The molecule has 2 unspecified atom stereocenters. The third-order valence-electron chi connectivity index (χ3n) is 3.66. The van der Waals surface area contributed by atoms with Crippen molar-refractivity contribution >= 4 is 17.4 Å². The maximum absolute atomic E-state index is 6.06. The summed E-state index contributed by atoms with van der Waals surface area (Å²) < 4.78 is 0. The zero-order valence-electron chi connectivity index (χ0n) is 11.2. The minimum Gasteiger partial charge on any atom is -0.367 e. The monoisotopic (exact) mass is 267 g/mol. The highest BCUT2D eigenvalue weighted by molar-refractivity contribution is 6.18. The number of anilines is 1. The van der Waals surface area contributed by atoms with Crippen molar-refractivity contribution in [3.63, 3.8) is 0 Å². The van der Waals surface area contributed by atoms with Crippen molar-refractivity contribution in [1.82, 2.24) is 9.97 Å². The number of nitrogens with one attached hydrogen (secondary N) is 1. The van der Waals surface area contributed by atoms with Crippen molar-refractivity contribution in [3.05, 3.63) is 17.6 Å². The first-order valence-corrected chi connectivity index (χ1v) is 7.43. The Balaban J connectivity index is 2.09. The molecule has 0 spiro atoms. The van der Waals surface area contributed by atoms with E-state index in [1.165, 1.54) is 25.7 Å². The van der Waals surface area contributed by atoms with Crippen LogP contribution in [0.25, 0.3) is 0 Å². The molecule has 0 aromatic carbocycles. The molecule has 1 N–H and O–H groups in total. The van der Waals surface area contributed by atoms with Crippen LogP contribution in [0, 0.1) is 12.8 Å². The van der Waals surface area contributed by atoms with E-state index in [1.807, 2.05) is 13.0 Å². The van der Waals surface area contributed by atoms with Gasteiger partial charge in [-0.15, -0.1) is 11.6 Å². The number of hydrogen-bond acceptors (Lipinski definition) is 3. The lowest BCUT2D eigenvalue weighted by Crippen LogP contribution is -2.33. The van der Waals surface area contributed by atoms with Crippen LogP contribution in [0.5, 0.6) is 0 Å². The molecule has 0 radical (unpaired) electrons. The molecule has 0 bridgehead atoms. The number of alkyl halides is 1. The minimum atomic E-state index is 0.468. The lowest BCUT2D eigenvalue weighted by Gasteiger charge is -2.31. The zero-order chi connectivity index (χ0) is 13.0. The number of rotatable bonds is 4. The van der Waals surface area contributed by atoms with Gasteiger partial charge < -0.3 is 5.32 Å². The number of aryl methyl sites for hydroxylation is 2. The molecule has 1 aliphatic rings. The first kappa shape index (κ1) is 13.6. The standard InChI is InChI=1S/C14H22ClN3/c1-3-13-16-10(2)8-14(18-13)17-12-7-5-4-6-11(12)9-15/h8,11-12H,3-7,9H2,1-2H3,(H,16,17,18). The van der Waals surface area contributed by atoms with E-state index in [9.17, 15) is 0 Å². The lowest BCUT2D eigenvalue weighted by atomic mass is 9.86. The average molecular weight is 268 g/mol. The van der Waals surface area contributed by atoms with Gasteiger partial charge in [-0.05, 0) is 25.7 Å². The normalized spacial score (nSPS) is 23.9. The molecule has 18 heavy (non-hydrogen) atoms. The van der Waals surface area contributed by atoms with Crippen LogP contribution in [-0.2, 0) is 6.42 Å². The molecule has 1 heterocycles. The molecule has 2 atom stereocenters. The first-order valence-electron chi connectivity index (χ1n) is 6.90. The molecule has 1 saturated carbocycles. The zero-order valence-corrected chi connectivity index (χ0v) is 12.0. The van der Waals surface area contributed by atoms with Gasteiger partial charge in [-0.1, -0.05) is 19.8 Å². The molecule has 0 amide bonds. The third-order valence-corrected chi connectivity index (χ3v) is 4.05. The van der Waals surface area contributed by atoms with E-state index < -0.39 is 0 Å². The molecular formula is C14H22ClN3. The summed E-state index contributed by atoms with van der Waals surface area (Å²) in [5, 5.41) is 3.56. The van der Waals surface area contributed by atoms with Crippen LogP contribution in [0.1, 0.15) is 44.1 Å². The van der Waals surface area contributed by atoms with Crippen molar-refractivity contribution in [3.8, 4) is 0 Å². The highest BCUT2D eigenvalue weighted by Gasteiger charge is 2.24. The van der Waals surface area contributed by atoms with Gasteiger partial charge in [-0.2, -0.15) is 0 Å². The van der Waals surface area contributed by atoms with Crippen LogP contribution in [0.2, 0.25) is 0 Å². The summed E-state index contributed by atoms with van der Waals surface area (Å²) in [6, 6.07) is 2.49. The quantitative estimate of drug-likeness (QED) is 0.848. The van der Waals surface area contributed by atoms with Gasteiger partial charge in [0.05, 0.1) is 0 Å². The SMILES string of the molecule is CCc1nc(C)cc(NC2CCCCC2CCl)n1. The van der Waals surface area contributed by atoms with E-state index in [2.05, 4.69) is 22.2 Å². The second-order valence-electron chi connectivity index (χ2n) is 5.11. The molecular weight excluding hydrogens is 246 g/mol. The van der Waals surface area contributed by atoms with E-state index in [4.69, 9.17) is 11.6 Å². The predicted molar refractivity (Wildman–Crippen MR) is 76.2 cm³/mol. The van der Waals surface area contributed by atoms with Crippen LogP contribution in [0.4, 0.5) is 5.82 Å². The average Bonchev–Trinajstić information content (AvgIpc) is 2.38. The summed E-state index contributed by atoms with van der Waals surface area (Å²) >= 11 is 6.06. The topological polar surface area (TPSA) is 37.8 Å². The van der Waals surface area contributed by atoms with Gasteiger partial charge in [-0.25, -0.2) is 9.97 Å². The Morgan fingerprint density at radius 2 is 2.11 bits per heavy atom. The van der Waals surface area contributed by atoms with Gasteiger partial charge >= 0.3 is 0 Å². The summed E-state index contributed by atoms with van der Waals surface area (Å²) in [6.45, 7) is 4.10. The Kier molecular flexibility index (Phi) is 4.81. The summed E-state index contributed by atoms with van der Waals surface area (Å²) in [4.78, 5) is 8.96. The second-order valence-corrected chi connectivity index (χ2v) is 5.42. The Labute approximate surface area is 114 Å². The van der Waals surface area contributed by atoms with E-state index in [-0.39, 0.29) is 0 Å². The van der Waals surface area contributed by atoms with Crippen molar-refractivity contribution in [1.29, 1.82) is 0 Å². The molecule has 3 nitrogen and oxygen atoms in total. The largest absolute Gasteiger partial charge is 0.367 e. The Morgan fingerprint density at radius 1 is 1.33 bits per heavy atom. The van der Waals surface area contributed by atoms with Crippen LogP contribution in [0.15, 0.2) is 6.07 Å². The van der Waals surface area contributed by atoms with Crippen LogP contribution in [0.3, 0.4) is 0 Å². The van der Waals surface area contributed by atoms with Crippen molar-refractivity contribution in [2.45, 2.75) is 52.0 Å². The molecule has 100 valence electrons. The summed E-state index contributed by atoms with van der Waals surface area (Å²) in [5.41, 5.74) is 1.03. The number of halogens is 1. The van der Waals surface area contributed by atoms with Crippen molar-refractivity contribution in [2.24, 2.45) is 5.92 Å². The van der Waals surface area contributed by atoms with Crippen LogP contribution in [-0.4, -0.2) is 21.9 Å². The Morgan fingerprint density at radius 3 is 2.83 bits per heavy atom. The summed E-state index contributed by atoms with van der Waals surface area (Å²) in [6.07, 6.45) is 5.89. The molecule has 1 aromatic heterocycles. The molecule has 0 aliphatic heterocycles. The summed E-state index contributed by atoms with van der Waals surface area (Å²) in [7, 11) is 0. The van der Waals surface area contributed by atoms with Gasteiger partial charge in [0.15, 0.2) is 0 Å². The van der Waals surface area contributed by atoms with Gasteiger partial charge in [-0.3, -0.25) is 0 Å². The van der Waals surface area contributed by atoms with E-state index >= 15 is 0 Å². The van der Waals surface area contributed by atoms with Crippen LogP contribution < -0.4 is 5.32 Å². The number of hydrogen-bond donors (Lipinski definition) is 1. The second kappa shape index (κ2) is 6.37. The lowest BCUT2D eigenvalue weighted by molar-refractivity contribution is 0.352. The maximum atomic E-state index is 6.06. The number of nitrogens with zero attached hydrogens (tertiary/aromatic N) is 2. The molecule has 0 saturated heterocycles. The van der Waals surface area contributed by atoms with E-state index in [1.54, 1.807) is 0 Å². The predicted octanol–water partition coefficient (Wildman–Crippen LogP) is 3.56. The van der Waals surface area contributed by atoms with Gasteiger partial charge in [0.25, 0.3) is 0 Å². The molecule has 4 heteroatoms.